The SMILES string of the molecule is CCNC(CC1CCCCCC1)c1cc(Cl)ccc1Cl. The van der Waals surface area contributed by atoms with Crippen molar-refractivity contribution in [2.24, 2.45) is 5.92 Å². The lowest BCUT2D eigenvalue weighted by molar-refractivity contribution is 0.360. The van der Waals surface area contributed by atoms with Crippen LogP contribution >= 0.6 is 23.2 Å². The predicted molar refractivity (Wildman–Crippen MR) is 88.7 cm³/mol. The predicted octanol–water partition coefficient (Wildman–Crippen LogP) is 6.00. The van der Waals surface area contributed by atoms with Gasteiger partial charge in [-0.3, -0.25) is 0 Å². The topological polar surface area (TPSA) is 12.0 Å². The third kappa shape index (κ3) is 4.65. The zero-order chi connectivity index (χ0) is 14.4. The molecule has 3 heteroatoms. The molecule has 0 spiro atoms. The van der Waals surface area contributed by atoms with Crippen LogP contribution in [-0.2, 0) is 0 Å². The third-order valence-electron chi connectivity index (χ3n) is 4.33. The summed E-state index contributed by atoms with van der Waals surface area (Å²) in [5, 5.41) is 5.19. The highest BCUT2D eigenvalue weighted by Gasteiger charge is 2.20. The standard InChI is InChI=1S/C17H25Cl2N/c1-2-20-17(11-13-7-5-3-4-6-8-13)15-12-14(18)9-10-16(15)19/h9-10,12-13,17,20H,2-8,11H2,1H3. The maximum Gasteiger partial charge on any atom is 0.0454 e. The van der Waals surface area contributed by atoms with E-state index in [1.165, 1.54) is 44.9 Å². The fourth-order valence-corrected chi connectivity index (χ4v) is 3.71. The molecule has 1 atom stereocenters. The molecule has 1 aliphatic rings. The lowest BCUT2D eigenvalue weighted by Gasteiger charge is -2.25. The molecule has 1 saturated carbocycles. The van der Waals surface area contributed by atoms with Gasteiger partial charge in [-0.05, 0) is 42.6 Å². The highest BCUT2D eigenvalue weighted by molar-refractivity contribution is 6.33. The first-order valence-corrected chi connectivity index (χ1v) is 8.64. The second-order valence-electron chi connectivity index (χ2n) is 5.87. The average molecular weight is 314 g/mol. The highest BCUT2D eigenvalue weighted by atomic mass is 35.5. The molecule has 0 radical (unpaired) electrons. The van der Waals surface area contributed by atoms with Crippen molar-refractivity contribution >= 4 is 23.2 Å². The number of hydrogen-bond acceptors (Lipinski definition) is 1. The summed E-state index contributed by atoms with van der Waals surface area (Å²) >= 11 is 12.5. The molecule has 0 heterocycles. The molecule has 0 saturated heterocycles. The number of hydrogen-bond donors (Lipinski definition) is 1. The molecule has 1 nitrogen and oxygen atoms in total. The van der Waals surface area contributed by atoms with Crippen molar-refractivity contribution in [2.45, 2.75) is 57.9 Å². The minimum absolute atomic E-state index is 0.328. The van der Waals surface area contributed by atoms with Crippen molar-refractivity contribution in [1.29, 1.82) is 0 Å². The number of halogens is 2. The molecule has 0 aromatic heterocycles. The van der Waals surface area contributed by atoms with E-state index in [0.717, 1.165) is 28.1 Å². The summed E-state index contributed by atoms with van der Waals surface area (Å²) in [5.41, 5.74) is 1.16. The first-order valence-electron chi connectivity index (χ1n) is 7.89. The maximum atomic E-state index is 6.38. The first-order chi connectivity index (χ1) is 9.70. The summed E-state index contributed by atoms with van der Waals surface area (Å²) < 4.78 is 0. The first kappa shape index (κ1) is 16.1. The smallest absolute Gasteiger partial charge is 0.0454 e. The van der Waals surface area contributed by atoms with E-state index in [-0.39, 0.29) is 0 Å². The molecule has 0 aliphatic heterocycles. The van der Waals surface area contributed by atoms with Gasteiger partial charge in [0.25, 0.3) is 0 Å². The van der Waals surface area contributed by atoms with Crippen LogP contribution in [0.4, 0.5) is 0 Å². The van der Waals surface area contributed by atoms with Gasteiger partial charge in [-0.1, -0.05) is 68.7 Å². The Kier molecular flexibility index (Phi) is 6.67. The molecular weight excluding hydrogens is 289 g/mol. The number of rotatable bonds is 5. The Morgan fingerprint density at radius 1 is 1.15 bits per heavy atom. The van der Waals surface area contributed by atoms with Crippen molar-refractivity contribution in [3.05, 3.63) is 33.8 Å². The minimum Gasteiger partial charge on any atom is -0.310 e. The van der Waals surface area contributed by atoms with Crippen LogP contribution in [0.2, 0.25) is 10.0 Å². The molecule has 0 amide bonds. The van der Waals surface area contributed by atoms with Gasteiger partial charge >= 0.3 is 0 Å². The largest absolute Gasteiger partial charge is 0.310 e. The van der Waals surface area contributed by atoms with E-state index in [4.69, 9.17) is 23.2 Å². The summed E-state index contributed by atoms with van der Waals surface area (Å²) in [4.78, 5) is 0. The van der Waals surface area contributed by atoms with E-state index in [1.807, 2.05) is 18.2 Å². The second-order valence-corrected chi connectivity index (χ2v) is 6.71. The second kappa shape index (κ2) is 8.26. The van der Waals surface area contributed by atoms with Crippen LogP contribution in [0.15, 0.2) is 18.2 Å². The van der Waals surface area contributed by atoms with Crippen LogP contribution in [-0.4, -0.2) is 6.54 Å². The maximum absolute atomic E-state index is 6.38. The van der Waals surface area contributed by atoms with E-state index in [2.05, 4.69) is 12.2 Å². The summed E-state index contributed by atoms with van der Waals surface area (Å²) in [7, 11) is 0. The van der Waals surface area contributed by atoms with E-state index < -0.39 is 0 Å². The van der Waals surface area contributed by atoms with Crippen LogP contribution < -0.4 is 5.32 Å². The normalized spacial score (nSPS) is 18.8. The molecule has 1 aliphatic carbocycles. The van der Waals surface area contributed by atoms with Gasteiger partial charge in [0.15, 0.2) is 0 Å². The summed E-state index contributed by atoms with van der Waals surface area (Å²) in [6.07, 6.45) is 9.47. The van der Waals surface area contributed by atoms with Gasteiger partial charge in [-0.25, -0.2) is 0 Å². The van der Waals surface area contributed by atoms with E-state index in [1.54, 1.807) is 0 Å². The molecule has 112 valence electrons. The van der Waals surface area contributed by atoms with E-state index in [9.17, 15) is 0 Å². The molecule has 1 aromatic carbocycles. The number of benzene rings is 1. The average Bonchev–Trinajstić information content (AvgIpc) is 2.70. The Bertz CT molecular complexity index is 411. The lowest BCUT2D eigenvalue weighted by Crippen LogP contribution is -2.24. The fourth-order valence-electron chi connectivity index (χ4n) is 3.28. The highest BCUT2D eigenvalue weighted by Crippen LogP contribution is 2.34. The Morgan fingerprint density at radius 2 is 1.85 bits per heavy atom. The number of nitrogens with one attached hydrogen (secondary N) is 1. The van der Waals surface area contributed by atoms with Crippen molar-refractivity contribution in [3.63, 3.8) is 0 Å². The van der Waals surface area contributed by atoms with Crippen molar-refractivity contribution in [1.82, 2.24) is 5.32 Å². The van der Waals surface area contributed by atoms with Crippen molar-refractivity contribution < 1.29 is 0 Å². The Labute approximate surface area is 133 Å². The molecule has 0 bridgehead atoms. The zero-order valence-corrected chi connectivity index (χ0v) is 13.8. The lowest BCUT2D eigenvalue weighted by atomic mass is 9.89. The van der Waals surface area contributed by atoms with Gasteiger partial charge in [0.05, 0.1) is 0 Å². The van der Waals surface area contributed by atoms with Gasteiger partial charge in [-0.15, -0.1) is 0 Å². The quantitative estimate of drug-likeness (QED) is 0.657. The molecule has 1 fully saturated rings. The van der Waals surface area contributed by atoms with Crippen LogP contribution in [0.5, 0.6) is 0 Å². The van der Waals surface area contributed by atoms with Crippen LogP contribution in [0.25, 0.3) is 0 Å². The summed E-state index contributed by atoms with van der Waals surface area (Å²) in [6.45, 7) is 3.11. The Hall–Kier alpha value is -0.240. The summed E-state index contributed by atoms with van der Waals surface area (Å²) in [6, 6.07) is 6.13. The third-order valence-corrected chi connectivity index (χ3v) is 4.91. The van der Waals surface area contributed by atoms with Gasteiger partial charge < -0.3 is 5.32 Å². The van der Waals surface area contributed by atoms with Crippen LogP contribution in [0.3, 0.4) is 0 Å². The van der Waals surface area contributed by atoms with Crippen LogP contribution in [0.1, 0.15) is 63.5 Å². The van der Waals surface area contributed by atoms with Crippen molar-refractivity contribution in [2.75, 3.05) is 6.54 Å². The molecular formula is C17H25Cl2N. The van der Waals surface area contributed by atoms with E-state index in [0.29, 0.717) is 6.04 Å². The Morgan fingerprint density at radius 3 is 2.50 bits per heavy atom. The molecule has 20 heavy (non-hydrogen) atoms. The minimum atomic E-state index is 0.328. The van der Waals surface area contributed by atoms with Crippen molar-refractivity contribution in [3.8, 4) is 0 Å². The molecule has 1 N–H and O–H groups in total. The Balaban J connectivity index is 2.10. The van der Waals surface area contributed by atoms with E-state index >= 15 is 0 Å². The monoisotopic (exact) mass is 313 g/mol. The zero-order valence-electron chi connectivity index (χ0n) is 12.3. The van der Waals surface area contributed by atoms with Gasteiger partial charge in [0, 0.05) is 16.1 Å². The van der Waals surface area contributed by atoms with Gasteiger partial charge in [0.2, 0.25) is 0 Å². The van der Waals surface area contributed by atoms with Crippen LogP contribution in [0, 0.1) is 5.92 Å². The molecule has 1 aromatic rings. The molecule has 2 rings (SSSR count). The van der Waals surface area contributed by atoms with Gasteiger partial charge in [0.1, 0.15) is 0 Å². The molecule has 1 unspecified atom stereocenters. The van der Waals surface area contributed by atoms with Gasteiger partial charge in [-0.2, -0.15) is 0 Å². The fraction of sp³-hybridized carbons (Fsp3) is 0.647. The summed E-state index contributed by atoms with van der Waals surface area (Å²) in [5.74, 6) is 0.816.